The van der Waals surface area contributed by atoms with Gasteiger partial charge < -0.3 is 19.0 Å². The van der Waals surface area contributed by atoms with Crippen molar-refractivity contribution < 1.29 is 23.8 Å². The van der Waals surface area contributed by atoms with Crippen LogP contribution >= 0.6 is 0 Å². The number of benzene rings is 2. The lowest BCUT2D eigenvalue weighted by molar-refractivity contribution is -0.137. The maximum Gasteiger partial charge on any atom is 0.303 e. The molecule has 1 unspecified atom stereocenters. The summed E-state index contributed by atoms with van der Waals surface area (Å²) in [6, 6.07) is 16.0. The third-order valence-corrected chi connectivity index (χ3v) is 12.9. The summed E-state index contributed by atoms with van der Waals surface area (Å²) in [5, 5.41) is 9.43. The van der Waals surface area contributed by atoms with E-state index in [1.165, 1.54) is 0 Å². The molecule has 2 aromatic rings. The predicted molar refractivity (Wildman–Crippen MR) is 140 cm³/mol. The average molecular weight is 487 g/mol. The number of hydrogen-bond acceptors (Lipinski definition) is 4. The van der Waals surface area contributed by atoms with Crippen LogP contribution in [0.25, 0.3) is 0 Å². The fourth-order valence-corrected chi connectivity index (χ4v) is 10.7. The predicted octanol–water partition coefficient (Wildman–Crippen LogP) is 7.51. The molecular weight excluding hydrogens is 444 g/mol. The quantitative estimate of drug-likeness (QED) is 0.280. The molecule has 6 heteroatoms. The van der Waals surface area contributed by atoms with E-state index < -0.39 is 14.3 Å². The van der Waals surface area contributed by atoms with E-state index in [1.54, 1.807) is 7.11 Å². The van der Waals surface area contributed by atoms with Crippen LogP contribution in [-0.2, 0) is 27.2 Å². The molecule has 0 aromatic heterocycles. The highest BCUT2D eigenvalue weighted by atomic mass is 28.4. The molecule has 1 N–H and O–H groups in total. The largest absolute Gasteiger partial charge is 0.497 e. The maximum atomic E-state index is 11.5. The fourth-order valence-electron chi connectivity index (χ4n) is 5.17. The van der Waals surface area contributed by atoms with Crippen LogP contribution in [0.4, 0.5) is 0 Å². The minimum Gasteiger partial charge on any atom is -0.497 e. The van der Waals surface area contributed by atoms with Gasteiger partial charge in [-0.1, -0.05) is 77.9 Å². The monoisotopic (exact) mass is 486 g/mol. The van der Waals surface area contributed by atoms with Crippen molar-refractivity contribution in [1.82, 2.24) is 0 Å². The number of carboxylic acid groups (broad SMARTS) is 1. The van der Waals surface area contributed by atoms with Gasteiger partial charge in [-0.15, -0.1) is 0 Å². The highest BCUT2D eigenvalue weighted by molar-refractivity contribution is 6.77. The lowest BCUT2D eigenvalue weighted by Gasteiger charge is -2.45. The van der Waals surface area contributed by atoms with Crippen LogP contribution < -0.4 is 4.74 Å². The molecule has 0 bridgehead atoms. The average Bonchev–Trinajstić information content (AvgIpc) is 2.79. The molecule has 0 aliphatic carbocycles. The van der Waals surface area contributed by atoms with Crippen molar-refractivity contribution in [3.63, 3.8) is 0 Å². The Bertz CT molecular complexity index is 870. The molecule has 0 aliphatic heterocycles. The van der Waals surface area contributed by atoms with Gasteiger partial charge in [-0.2, -0.15) is 0 Å². The molecule has 0 saturated heterocycles. The SMILES string of the molecule is COc1ccc(COCc2ccccc2C(CCC(=O)O)O[Si](C(C)C)(C(C)C)C(C)C)cc1. The van der Waals surface area contributed by atoms with Gasteiger partial charge in [0.25, 0.3) is 0 Å². The Kier molecular flexibility index (Phi) is 10.8. The van der Waals surface area contributed by atoms with Crippen LogP contribution in [0, 0.1) is 0 Å². The number of rotatable bonds is 14. The zero-order chi connectivity index (χ0) is 25.3. The summed E-state index contributed by atoms with van der Waals surface area (Å²) in [4.78, 5) is 11.5. The van der Waals surface area contributed by atoms with Crippen LogP contribution in [0.1, 0.15) is 77.2 Å². The molecule has 1 atom stereocenters. The Hall–Kier alpha value is -2.15. The highest BCUT2D eigenvalue weighted by Gasteiger charge is 2.47. The van der Waals surface area contributed by atoms with E-state index in [1.807, 2.05) is 36.4 Å². The number of aliphatic carboxylic acids is 1. The van der Waals surface area contributed by atoms with Crippen LogP contribution in [0.15, 0.2) is 48.5 Å². The van der Waals surface area contributed by atoms with Crippen LogP contribution in [0.5, 0.6) is 5.75 Å². The second kappa shape index (κ2) is 13.1. The van der Waals surface area contributed by atoms with Crippen molar-refractivity contribution in [2.75, 3.05) is 7.11 Å². The van der Waals surface area contributed by atoms with Gasteiger partial charge in [0.05, 0.1) is 26.4 Å². The smallest absolute Gasteiger partial charge is 0.303 e. The zero-order valence-corrected chi connectivity index (χ0v) is 22.8. The van der Waals surface area contributed by atoms with E-state index in [0.29, 0.717) is 36.3 Å². The van der Waals surface area contributed by atoms with Crippen molar-refractivity contribution in [3.05, 3.63) is 65.2 Å². The summed E-state index contributed by atoms with van der Waals surface area (Å²) < 4.78 is 18.4. The maximum absolute atomic E-state index is 11.5. The molecule has 0 saturated carbocycles. The molecule has 2 rings (SSSR count). The van der Waals surface area contributed by atoms with E-state index in [2.05, 4.69) is 53.7 Å². The van der Waals surface area contributed by atoms with Crippen molar-refractivity contribution in [3.8, 4) is 5.75 Å². The van der Waals surface area contributed by atoms with Gasteiger partial charge >= 0.3 is 5.97 Å². The Morgan fingerprint density at radius 3 is 2.00 bits per heavy atom. The highest BCUT2D eigenvalue weighted by Crippen LogP contribution is 2.46. The second-order valence-corrected chi connectivity index (χ2v) is 15.3. The number of hydrogen-bond donors (Lipinski definition) is 1. The first kappa shape index (κ1) is 28.1. The number of carboxylic acids is 1. The summed E-state index contributed by atoms with van der Waals surface area (Å²) in [7, 11) is -0.554. The minimum atomic E-state index is -2.21. The van der Waals surface area contributed by atoms with E-state index in [0.717, 1.165) is 22.4 Å². The number of ether oxygens (including phenoxy) is 2. The number of carbonyl (C=O) groups is 1. The Morgan fingerprint density at radius 1 is 0.882 bits per heavy atom. The summed E-state index contributed by atoms with van der Waals surface area (Å²) in [5.74, 6) is 0.0216. The Labute approximate surface area is 206 Å². The van der Waals surface area contributed by atoms with Gasteiger partial charge in [0, 0.05) is 6.42 Å². The first-order chi connectivity index (χ1) is 16.1. The van der Waals surface area contributed by atoms with Gasteiger partial charge in [0.2, 0.25) is 8.32 Å². The summed E-state index contributed by atoms with van der Waals surface area (Å²) >= 11 is 0. The third-order valence-electron chi connectivity index (χ3n) is 6.76. The van der Waals surface area contributed by atoms with E-state index in [4.69, 9.17) is 13.9 Å². The normalized spacial score (nSPS) is 13.0. The second-order valence-electron chi connectivity index (χ2n) is 9.90. The van der Waals surface area contributed by atoms with Gasteiger partial charge in [0.1, 0.15) is 5.75 Å². The molecule has 2 aromatic carbocycles. The summed E-state index contributed by atoms with van der Waals surface area (Å²) in [6.45, 7) is 14.5. The molecule has 0 radical (unpaired) electrons. The zero-order valence-electron chi connectivity index (χ0n) is 21.8. The van der Waals surface area contributed by atoms with Crippen LogP contribution in [0.3, 0.4) is 0 Å². The first-order valence-electron chi connectivity index (χ1n) is 12.3. The standard InChI is InChI=1S/C28H42O5Si/c1-20(2)34(21(3)4,22(5)6)33-27(16-17-28(29)30)26-11-9-8-10-24(26)19-32-18-23-12-14-25(31-7)15-13-23/h8-15,20-22,27H,16-19H2,1-7H3,(H,29,30). The molecule has 188 valence electrons. The van der Waals surface area contributed by atoms with E-state index in [-0.39, 0.29) is 12.5 Å². The Morgan fingerprint density at radius 2 is 1.47 bits per heavy atom. The van der Waals surface area contributed by atoms with Crippen LogP contribution in [-0.4, -0.2) is 26.5 Å². The molecule has 0 amide bonds. The van der Waals surface area contributed by atoms with Gasteiger partial charge in [-0.25, -0.2) is 0 Å². The van der Waals surface area contributed by atoms with Gasteiger partial charge in [-0.05, 0) is 51.9 Å². The summed E-state index contributed by atoms with van der Waals surface area (Å²) in [6.07, 6.45) is 0.256. The first-order valence-corrected chi connectivity index (χ1v) is 14.4. The van der Waals surface area contributed by atoms with Gasteiger partial charge in [0.15, 0.2) is 0 Å². The lowest BCUT2D eigenvalue weighted by Crippen LogP contribution is -2.48. The lowest BCUT2D eigenvalue weighted by atomic mass is 9.99. The minimum absolute atomic E-state index is 0.0739. The van der Waals surface area contributed by atoms with Gasteiger partial charge in [-0.3, -0.25) is 4.79 Å². The fraction of sp³-hybridized carbons (Fsp3) is 0.536. The molecule has 5 nitrogen and oxygen atoms in total. The molecule has 0 heterocycles. The van der Waals surface area contributed by atoms with Crippen molar-refractivity contribution in [2.24, 2.45) is 0 Å². The number of methoxy groups -OCH3 is 1. The third kappa shape index (κ3) is 7.17. The summed E-state index contributed by atoms with van der Waals surface area (Å²) in [5.41, 5.74) is 4.40. The molecule has 34 heavy (non-hydrogen) atoms. The van der Waals surface area contributed by atoms with Crippen molar-refractivity contribution in [1.29, 1.82) is 0 Å². The molecule has 0 aliphatic rings. The van der Waals surface area contributed by atoms with E-state index in [9.17, 15) is 9.90 Å². The van der Waals surface area contributed by atoms with E-state index >= 15 is 0 Å². The van der Waals surface area contributed by atoms with Crippen molar-refractivity contribution >= 4 is 14.3 Å². The van der Waals surface area contributed by atoms with Crippen molar-refractivity contribution in [2.45, 2.75) is 90.3 Å². The molecule has 0 spiro atoms. The Balaban J connectivity index is 2.29. The van der Waals surface area contributed by atoms with Crippen LogP contribution in [0.2, 0.25) is 16.6 Å². The molecular formula is C28H42O5Si. The topological polar surface area (TPSA) is 65.0 Å². The molecule has 0 fully saturated rings.